The Kier molecular flexibility index (Phi) is 7.01. The number of nitrogens with two attached hydrogens (primary N) is 1. The molecule has 0 bridgehead atoms. The molecular formula is C13H20N2O3. The van der Waals surface area contributed by atoms with Gasteiger partial charge in [-0.3, -0.25) is 4.79 Å². The molecule has 18 heavy (non-hydrogen) atoms. The van der Waals surface area contributed by atoms with E-state index in [2.05, 4.69) is 5.32 Å². The van der Waals surface area contributed by atoms with E-state index >= 15 is 0 Å². The first-order valence-corrected chi connectivity index (χ1v) is 6.02. The maximum atomic E-state index is 11.0. The molecule has 100 valence electrons. The van der Waals surface area contributed by atoms with E-state index in [0.29, 0.717) is 25.3 Å². The highest BCUT2D eigenvalue weighted by Gasteiger charge is 2.00. The monoisotopic (exact) mass is 252 g/mol. The first kappa shape index (κ1) is 14.6. The lowest BCUT2D eigenvalue weighted by atomic mass is 10.1. The van der Waals surface area contributed by atoms with E-state index in [0.717, 1.165) is 18.5 Å². The predicted octanol–water partition coefficient (Wildman–Crippen LogP) is 0.274. The number of aliphatic hydroxyl groups is 1. The van der Waals surface area contributed by atoms with Crippen molar-refractivity contribution in [2.75, 3.05) is 26.4 Å². The molecule has 1 aromatic rings. The van der Waals surface area contributed by atoms with Crippen LogP contribution in [0.2, 0.25) is 0 Å². The molecule has 5 nitrogen and oxygen atoms in total. The van der Waals surface area contributed by atoms with Gasteiger partial charge in [-0.05, 0) is 30.7 Å². The second-order valence-electron chi connectivity index (χ2n) is 3.93. The number of benzene rings is 1. The molecule has 1 rings (SSSR count). The summed E-state index contributed by atoms with van der Waals surface area (Å²) >= 11 is 0. The van der Waals surface area contributed by atoms with Gasteiger partial charge < -0.3 is 20.9 Å². The van der Waals surface area contributed by atoms with E-state index in [1.54, 1.807) is 12.1 Å². The smallest absolute Gasteiger partial charge is 0.248 e. The molecule has 0 aliphatic heterocycles. The molecule has 0 aliphatic carbocycles. The fourth-order valence-corrected chi connectivity index (χ4v) is 1.53. The predicted molar refractivity (Wildman–Crippen MR) is 69.2 cm³/mol. The van der Waals surface area contributed by atoms with Crippen molar-refractivity contribution in [2.45, 2.75) is 13.0 Å². The molecule has 0 aliphatic rings. The third-order valence-electron chi connectivity index (χ3n) is 2.42. The van der Waals surface area contributed by atoms with Crippen molar-refractivity contribution in [3.8, 4) is 0 Å². The number of carbonyl (C=O) groups excluding carboxylic acids is 1. The summed E-state index contributed by atoms with van der Waals surface area (Å²) in [7, 11) is 0. The van der Waals surface area contributed by atoms with Crippen molar-refractivity contribution in [1.82, 2.24) is 5.32 Å². The quantitative estimate of drug-likeness (QED) is 0.551. The summed E-state index contributed by atoms with van der Waals surface area (Å²) in [6.07, 6.45) is 0.884. The minimum Gasteiger partial charge on any atom is -0.394 e. The van der Waals surface area contributed by atoms with E-state index in [9.17, 15) is 4.79 Å². The van der Waals surface area contributed by atoms with E-state index in [-0.39, 0.29) is 6.61 Å². The van der Waals surface area contributed by atoms with Crippen LogP contribution in [-0.4, -0.2) is 37.4 Å². The van der Waals surface area contributed by atoms with Crippen molar-refractivity contribution < 1.29 is 14.6 Å². The Balaban J connectivity index is 2.19. The van der Waals surface area contributed by atoms with Gasteiger partial charge in [0.1, 0.15) is 0 Å². The average Bonchev–Trinajstić information content (AvgIpc) is 2.38. The van der Waals surface area contributed by atoms with E-state index in [4.69, 9.17) is 15.6 Å². The van der Waals surface area contributed by atoms with E-state index < -0.39 is 5.91 Å². The number of hydrogen-bond acceptors (Lipinski definition) is 4. The van der Waals surface area contributed by atoms with Gasteiger partial charge in [0, 0.05) is 18.7 Å². The topological polar surface area (TPSA) is 84.6 Å². The molecule has 0 radical (unpaired) electrons. The molecule has 0 saturated carbocycles. The van der Waals surface area contributed by atoms with Gasteiger partial charge >= 0.3 is 0 Å². The van der Waals surface area contributed by atoms with Crippen LogP contribution in [0.15, 0.2) is 24.3 Å². The van der Waals surface area contributed by atoms with Crippen LogP contribution in [0.5, 0.6) is 0 Å². The molecule has 0 unspecified atom stereocenters. The van der Waals surface area contributed by atoms with Gasteiger partial charge in [-0.15, -0.1) is 0 Å². The molecular weight excluding hydrogens is 232 g/mol. The number of nitrogens with one attached hydrogen (secondary N) is 1. The summed E-state index contributed by atoms with van der Waals surface area (Å²) in [5, 5.41) is 11.8. The zero-order chi connectivity index (χ0) is 13.2. The van der Waals surface area contributed by atoms with Crippen LogP contribution in [0.3, 0.4) is 0 Å². The highest BCUT2D eigenvalue weighted by molar-refractivity contribution is 5.92. The molecule has 1 amide bonds. The summed E-state index contributed by atoms with van der Waals surface area (Å²) in [4.78, 5) is 11.0. The van der Waals surface area contributed by atoms with Gasteiger partial charge in [-0.25, -0.2) is 0 Å². The fourth-order valence-electron chi connectivity index (χ4n) is 1.53. The molecule has 0 aromatic heterocycles. The maximum absolute atomic E-state index is 11.0. The largest absolute Gasteiger partial charge is 0.394 e. The fraction of sp³-hybridized carbons (Fsp3) is 0.462. The molecule has 0 heterocycles. The minimum atomic E-state index is -0.408. The summed E-state index contributed by atoms with van der Waals surface area (Å²) in [5.41, 5.74) is 6.77. The number of hydrogen-bond donors (Lipinski definition) is 3. The van der Waals surface area contributed by atoms with Crippen LogP contribution >= 0.6 is 0 Å². The van der Waals surface area contributed by atoms with E-state index in [1.807, 2.05) is 12.1 Å². The summed E-state index contributed by atoms with van der Waals surface area (Å²) < 4.78 is 5.13. The van der Waals surface area contributed by atoms with Gasteiger partial charge in [0.25, 0.3) is 0 Å². The van der Waals surface area contributed by atoms with Crippen LogP contribution in [0.4, 0.5) is 0 Å². The van der Waals surface area contributed by atoms with Crippen molar-refractivity contribution >= 4 is 5.91 Å². The van der Waals surface area contributed by atoms with E-state index in [1.165, 1.54) is 0 Å². The minimum absolute atomic E-state index is 0.0628. The molecule has 5 heteroatoms. The second kappa shape index (κ2) is 8.63. The molecule has 4 N–H and O–H groups in total. The lowest BCUT2D eigenvalue weighted by Crippen LogP contribution is -2.17. The molecule has 0 atom stereocenters. The number of amides is 1. The first-order valence-electron chi connectivity index (χ1n) is 6.02. The number of primary amides is 1. The van der Waals surface area contributed by atoms with Gasteiger partial charge in [-0.1, -0.05) is 12.1 Å². The standard InChI is InChI=1S/C13H20N2O3/c14-13(17)12-4-1-3-11(9-12)10-15-5-2-7-18-8-6-16/h1,3-4,9,15-16H,2,5-8,10H2,(H2,14,17). The Labute approximate surface area is 107 Å². The van der Waals surface area contributed by atoms with Gasteiger partial charge in [-0.2, -0.15) is 0 Å². The summed E-state index contributed by atoms with van der Waals surface area (Å²) in [5.74, 6) is -0.408. The molecule has 1 aromatic carbocycles. The Morgan fingerprint density at radius 3 is 2.94 bits per heavy atom. The van der Waals surface area contributed by atoms with Crippen LogP contribution in [0, 0.1) is 0 Å². The number of aliphatic hydroxyl groups excluding tert-OH is 1. The van der Waals surface area contributed by atoms with Gasteiger partial charge in [0.2, 0.25) is 5.91 Å². The van der Waals surface area contributed by atoms with Crippen molar-refractivity contribution in [3.05, 3.63) is 35.4 Å². The van der Waals surface area contributed by atoms with Crippen molar-refractivity contribution in [3.63, 3.8) is 0 Å². The molecule has 0 fully saturated rings. The summed E-state index contributed by atoms with van der Waals surface area (Å²) in [6.45, 7) is 2.61. The highest BCUT2D eigenvalue weighted by atomic mass is 16.5. The molecule has 0 saturated heterocycles. The normalized spacial score (nSPS) is 10.5. The third-order valence-corrected chi connectivity index (χ3v) is 2.42. The van der Waals surface area contributed by atoms with Crippen LogP contribution in [-0.2, 0) is 11.3 Å². The number of carbonyl (C=O) groups is 1. The van der Waals surface area contributed by atoms with Gasteiger partial charge in [0.05, 0.1) is 13.2 Å². The number of rotatable bonds is 9. The highest BCUT2D eigenvalue weighted by Crippen LogP contribution is 2.04. The van der Waals surface area contributed by atoms with Crippen LogP contribution in [0.25, 0.3) is 0 Å². The number of ether oxygens (including phenoxy) is 1. The summed E-state index contributed by atoms with van der Waals surface area (Å²) in [6, 6.07) is 7.26. The van der Waals surface area contributed by atoms with Crippen LogP contribution in [0.1, 0.15) is 22.3 Å². The lowest BCUT2D eigenvalue weighted by molar-refractivity contribution is 0.0907. The zero-order valence-corrected chi connectivity index (χ0v) is 10.4. The second-order valence-corrected chi connectivity index (χ2v) is 3.93. The Hall–Kier alpha value is -1.43. The lowest BCUT2D eigenvalue weighted by Gasteiger charge is -2.06. The Morgan fingerprint density at radius 1 is 1.39 bits per heavy atom. The average molecular weight is 252 g/mol. The Morgan fingerprint density at radius 2 is 2.22 bits per heavy atom. The third kappa shape index (κ3) is 5.77. The van der Waals surface area contributed by atoms with Crippen molar-refractivity contribution in [1.29, 1.82) is 0 Å². The SMILES string of the molecule is NC(=O)c1cccc(CNCCCOCCO)c1. The zero-order valence-electron chi connectivity index (χ0n) is 10.4. The molecule has 0 spiro atoms. The van der Waals surface area contributed by atoms with Crippen LogP contribution < -0.4 is 11.1 Å². The van der Waals surface area contributed by atoms with Crippen molar-refractivity contribution in [2.24, 2.45) is 5.73 Å². The van der Waals surface area contributed by atoms with Gasteiger partial charge in [0.15, 0.2) is 0 Å². The Bertz CT molecular complexity index is 369. The first-order chi connectivity index (χ1) is 8.74. The maximum Gasteiger partial charge on any atom is 0.248 e.